The summed E-state index contributed by atoms with van der Waals surface area (Å²) in [6.07, 6.45) is 3.09. The van der Waals surface area contributed by atoms with Crippen LogP contribution in [0.2, 0.25) is 0 Å². The number of amides is 2. The maximum absolute atomic E-state index is 13.9. The van der Waals surface area contributed by atoms with Crippen LogP contribution in [0.15, 0.2) is 48.7 Å². The molecule has 0 bridgehead atoms. The van der Waals surface area contributed by atoms with Gasteiger partial charge in [0.25, 0.3) is 0 Å². The summed E-state index contributed by atoms with van der Waals surface area (Å²) in [7, 11) is 0. The molecule has 0 unspecified atom stereocenters. The highest BCUT2D eigenvalue weighted by Gasteiger charge is 2.35. The number of halogens is 1. The van der Waals surface area contributed by atoms with E-state index in [1.54, 1.807) is 28.1 Å². The molecule has 1 aliphatic heterocycles. The van der Waals surface area contributed by atoms with Gasteiger partial charge >= 0.3 is 6.09 Å². The summed E-state index contributed by atoms with van der Waals surface area (Å²) in [5.41, 5.74) is 1.02. The van der Waals surface area contributed by atoms with E-state index in [4.69, 9.17) is 4.74 Å². The van der Waals surface area contributed by atoms with Crippen LogP contribution in [0.1, 0.15) is 50.9 Å². The first-order valence-corrected chi connectivity index (χ1v) is 10.7. The van der Waals surface area contributed by atoms with Gasteiger partial charge in [-0.05, 0) is 63.4 Å². The number of carbonyl (C=O) groups is 2. The molecule has 2 aromatic rings. The van der Waals surface area contributed by atoms with Crippen molar-refractivity contribution in [3.8, 4) is 0 Å². The maximum Gasteiger partial charge on any atom is 0.410 e. The van der Waals surface area contributed by atoms with Gasteiger partial charge in [0.2, 0.25) is 5.91 Å². The number of nitrogens with zero attached hydrogens (tertiary/aromatic N) is 3. The molecule has 0 aliphatic carbocycles. The minimum Gasteiger partial charge on any atom is -0.444 e. The standard InChI is InChI=1S/C24H30FN3O3/c1-24(2,3)31-23(30)27-14-15-28(21(17-27)18-8-6-9-19(25)16-18)22(29)12-7-11-20-10-4-5-13-26-20/h4-6,8-10,13,16,21H,7,11-12,14-15,17H2,1-3H3/t21-/m0/s1. The van der Waals surface area contributed by atoms with E-state index in [-0.39, 0.29) is 18.3 Å². The van der Waals surface area contributed by atoms with Crippen molar-refractivity contribution in [2.45, 2.75) is 51.7 Å². The SMILES string of the molecule is CC(C)(C)OC(=O)N1CCN(C(=O)CCCc2ccccn2)[C@H](c2cccc(F)c2)C1. The molecule has 166 valence electrons. The first kappa shape index (κ1) is 22.7. The molecule has 1 saturated heterocycles. The van der Waals surface area contributed by atoms with Crippen LogP contribution in [-0.2, 0) is 16.0 Å². The third kappa shape index (κ3) is 6.51. The van der Waals surface area contributed by atoms with E-state index in [0.29, 0.717) is 31.5 Å². The van der Waals surface area contributed by atoms with Gasteiger partial charge in [0, 0.05) is 37.9 Å². The van der Waals surface area contributed by atoms with Gasteiger partial charge in [-0.15, -0.1) is 0 Å². The molecule has 2 amide bonds. The molecule has 3 rings (SSSR count). The molecule has 1 atom stereocenters. The smallest absolute Gasteiger partial charge is 0.410 e. The highest BCUT2D eigenvalue weighted by atomic mass is 19.1. The zero-order valence-electron chi connectivity index (χ0n) is 18.4. The number of piperazine rings is 1. The molecule has 0 radical (unpaired) electrons. The van der Waals surface area contributed by atoms with Gasteiger partial charge in [0.05, 0.1) is 6.04 Å². The molecule has 0 saturated carbocycles. The second-order valence-electron chi connectivity index (χ2n) is 8.76. The first-order valence-electron chi connectivity index (χ1n) is 10.7. The van der Waals surface area contributed by atoms with Crippen LogP contribution in [0, 0.1) is 5.82 Å². The molecule has 6 nitrogen and oxygen atoms in total. The van der Waals surface area contributed by atoms with E-state index in [2.05, 4.69) is 4.98 Å². The Balaban J connectivity index is 1.70. The van der Waals surface area contributed by atoms with Crippen LogP contribution >= 0.6 is 0 Å². The molecule has 31 heavy (non-hydrogen) atoms. The number of rotatable bonds is 5. The Morgan fingerprint density at radius 3 is 2.65 bits per heavy atom. The van der Waals surface area contributed by atoms with Crippen molar-refractivity contribution in [3.63, 3.8) is 0 Å². The molecule has 2 heterocycles. The molecule has 1 aromatic heterocycles. The van der Waals surface area contributed by atoms with E-state index >= 15 is 0 Å². The largest absolute Gasteiger partial charge is 0.444 e. The van der Waals surface area contributed by atoms with Gasteiger partial charge in [-0.2, -0.15) is 0 Å². The fourth-order valence-electron chi connectivity index (χ4n) is 3.68. The number of carbonyl (C=O) groups excluding carboxylic acids is 2. The summed E-state index contributed by atoms with van der Waals surface area (Å²) in [5.74, 6) is -0.372. The third-order valence-electron chi connectivity index (χ3n) is 5.14. The monoisotopic (exact) mass is 427 g/mol. The van der Waals surface area contributed by atoms with Crippen molar-refractivity contribution in [2.24, 2.45) is 0 Å². The molecular weight excluding hydrogens is 397 g/mol. The average Bonchev–Trinajstić information content (AvgIpc) is 2.73. The van der Waals surface area contributed by atoms with Crippen molar-refractivity contribution in [2.75, 3.05) is 19.6 Å². The third-order valence-corrected chi connectivity index (χ3v) is 5.14. The lowest BCUT2D eigenvalue weighted by molar-refractivity contribution is -0.136. The zero-order chi connectivity index (χ0) is 22.4. The Bertz CT molecular complexity index is 898. The lowest BCUT2D eigenvalue weighted by Crippen LogP contribution is -2.53. The van der Waals surface area contributed by atoms with Crippen LogP contribution in [0.4, 0.5) is 9.18 Å². The summed E-state index contributed by atoms with van der Waals surface area (Å²) < 4.78 is 19.4. The van der Waals surface area contributed by atoms with Crippen molar-refractivity contribution in [3.05, 3.63) is 65.7 Å². The number of aromatic nitrogens is 1. The lowest BCUT2D eigenvalue weighted by Gasteiger charge is -2.42. The van der Waals surface area contributed by atoms with E-state index < -0.39 is 17.7 Å². The molecule has 0 spiro atoms. The number of hydrogen-bond donors (Lipinski definition) is 0. The number of hydrogen-bond acceptors (Lipinski definition) is 4. The van der Waals surface area contributed by atoms with E-state index in [9.17, 15) is 14.0 Å². The van der Waals surface area contributed by atoms with Crippen molar-refractivity contribution >= 4 is 12.0 Å². The topological polar surface area (TPSA) is 62.7 Å². The fourth-order valence-corrected chi connectivity index (χ4v) is 3.68. The molecule has 1 aliphatic rings. The summed E-state index contributed by atoms with van der Waals surface area (Å²) in [6.45, 7) is 6.48. The zero-order valence-corrected chi connectivity index (χ0v) is 18.4. The van der Waals surface area contributed by atoms with Gasteiger partial charge in [-0.3, -0.25) is 9.78 Å². The number of benzene rings is 1. The molecule has 1 aromatic carbocycles. The maximum atomic E-state index is 13.9. The molecule has 7 heteroatoms. The number of pyridine rings is 1. The fraction of sp³-hybridized carbons (Fsp3) is 0.458. The highest BCUT2D eigenvalue weighted by molar-refractivity contribution is 5.77. The van der Waals surface area contributed by atoms with Gasteiger partial charge in [0.15, 0.2) is 0 Å². The second kappa shape index (κ2) is 9.90. The summed E-state index contributed by atoms with van der Waals surface area (Å²) in [5, 5.41) is 0. The Morgan fingerprint density at radius 1 is 1.16 bits per heavy atom. The summed E-state index contributed by atoms with van der Waals surface area (Å²) >= 11 is 0. The minimum atomic E-state index is -0.607. The Morgan fingerprint density at radius 2 is 1.97 bits per heavy atom. The van der Waals surface area contributed by atoms with Crippen molar-refractivity contribution in [1.82, 2.24) is 14.8 Å². The Labute approximate surface area is 183 Å². The van der Waals surface area contributed by atoms with Crippen LogP contribution in [0.3, 0.4) is 0 Å². The summed E-state index contributed by atoms with van der Waals surface area (Å²) in [4.78, 5) is 33.3. The lowest BCUT2D eigenvalue weighted by atomic mass is 10.0. The molecule has 1 fully saturated rings. The minimum absolute atomic E-state index is 0.00553. The molecular formula is C24H30FN3O3. The van der Waals surface area contributed by atoms with Crippen molar-refractivity contribution in [1.29, 1.82) is 0 Å². The Hall–Kier alpha value is -2.96. The van der Waals surface area contributed by atoms with Gasteiger partial charge in [-0.25, -0.2) is 9.18 Å². The van der Waals surface area contributed by atoms with Gasteiger partial charge in [0.1, 0.15) is 11.4 Å². The first-order chi connectivity index (χ1) is 14.7. The van der Waals surface area contributed by atoms with E-state index in [0.717, 1.165) is 12.1 Å². The number of ether oxygens (including phenoxy) is 1. The van der Waals surface area contributed by atoms with Gasteiger partial charge in [-0.1, -0.05) is 18.2 Å². The average molecular weight is 428 g/mol. The summed E-state index contributed by atoms with van der Waals surface area (Å²) in [6, 6.07) is 11.5. The van der Waals surface area contributed by atoms with Crippen molar-refractivity contribution < 1.29 is 18.7 Å². The Kier molecular flexibility index (Phi) is 7.25. The second-order valence-corrected chi connectivity index (χ2v) is 8.76. The van der Waals surface area contributed by atoms with E-state index in [1.807, 2.05) is 39.0 Å². The van der Waals surface area contributed by atoms with E-state index in [1.165, 1.54) is 12.1 Å². The quantitative estimate of drug-likeness (QED) is 0.711. The normalized spacial score (nSPS) is 16.8. The van der Waals surface area contributed by atoms with Crippen LogP contribution in [0.5, 0.6) is 0 Å². The highest BCUT2D eigenvalue weighted by Crippen LogP contribution is 2.28. The predicted molar refractivity (Wildman–Crippen MR) is 116 cm³/mol. The van der Waals surface area contributed by atoms with Crippen LogP contribution < -0.4 is 0 Å². The van der Waals surface area contributed by atoms with Crippen LogP contribution in [-0.4, -0.2) is 52.0 Å². The van der Waals surface area contributed by atoms with Crippen LogP contribution in [0.25, 0.3) is 0 Å². The predicted octanol–water partition coefficient (Wildman–Crippen LogP) is 4.36. The van der Waals surface area contributed by atoms with Gasteiger partial charge < -0.3 is 14.5 Å². The molecule has 0 N–H and O–H groups in total. The number of aryl methyl sites for hydroxylation is 1.